The van der Waals surface area contributed by atoms with Crippen LogP contribution in [0.5, 0.6) is 5.75 Å². The molecule has 2 aliphatic rings. The molecule has 1 saturated heterocycles. The first-order valence-electron chi connectivity index (χ1n) is 12.2. The first-order chi connectivity index (χ1) is 16.3. The number of ether oxygens (including phenoxy) is 1. The number of amides is 1. The van der Waals surface area contributed by atoms with E-state index >= 15 is 0 Å². The Balaban J connectivity index is 1.30. The molecular formula is C27H36N4O2S. The van der Waals surface area contributed by atoms with Gasteiger partial charge in [0.1, 0.15) is 16.8 Å². The number of carbonyl (C=O) groups excluding carboxylic acids is 1. The number of carbonyl (C=O) groups is 1. The molecule has 6 nitrogen and oxygen atoms in total. The van der Waals surface area contributed by atoms with Crippen molar-refractivity contribution in [2.75, 3.05) is 45.2 Å². The summed E-state index contributed by atoms with van der Waals surface area (Å²) >= 11 is 1.61. The van der Waals surface area contributed by atoms with E-state index in [0.717, 1.165) is 68.3 Å². The predicted octanol–water partition coefficient (Wildman–Crippen LogP) is 4.54. The number of anilines is 1. The summed E-state index contributed by atoms with van der Waals surface area (Å²) in [5.74, 6) is 1.47. The minimum atomic E-state index is -0.0243. The highest BCUT2D eigenvalue weighted by Gasteiger charge is 2.32. The monoisotopic (exact) mass is 480 g/mol. The van der Waals surface area contributed by atoms with Crippen LogP contribution in [-0.4, -0.2) is 55.5 Å². The molecule has 2 aromatic rings. The van der Waals surface area contributed by atoms with Crippen LogP contribution < -0.4 is 10.1 Å². The summed E-state index contributed by atoms with van der Waals surface area (Å²) in [5, 5.41) is 13.6. The smallest absolute Gasteiger partial charge is 0.239 e. The average molecular weight is 481 g/mol. The van der Waals surface area contributed by atoms with Crippen molar-refractivity contribution in [2.45, 2.75) is 46.6 Å². The third-order valence-electron chi connectivity index (χ3n) is 7.23. The van der Waals surface area contributed by atoms with Gasteiger partial charge in [-0.05, 0) is 53.9 Å². The van der Waals surface area contributed by atoms with Crippen molar-refractivity contribution in [1.29, 1.82) is 5.26 Å². The molecule has 1 N–H and O–H groups in total. The summed E-state index contributed by atoms with van der Waals surface area (Å²) in [6.07, 6.45) is 3.04. The standard InChI is InChI=1S/C27H36N4O2S/c1-27(2,3)20-8-9-22-23(16-28)26(34-24(22)15-20)29-25(32)18-31-12-10-30(11-13-31)17-19-6-5-7-21(14-19)33-4/h5-7,14,20H,8-13,15,17-18H2,1-4H3,(H,29,32). The number of hydrogen-bond acceptors (Lipinski definition) is 6. The molecule has 1 amide bonds. The molecule has 1 aromatic heterocycles. The maximum absolute atomic E-state index is 12.8. The summed E-state index contributed by atoms with van der Waals surface area (Å²) in [6.45, 7) is 11.7. The van der Waals surface area contributed by atoms with Crippen molar-refractivity contribution >= 4 is 22.2 Å². The molecule has 1 atom stereocenters. The highest BCUT2D eigenvalue weighted by atomic mass is 32.1. The number of nitrogens with zero attached hydrogens (tertiary/aromatic N) is 3. The van der Waals surface area contributed by atoms with Crippen molar-refractivity contribution in [3.05, 3.63) is 45.8 Å². The molecule has 2 heterocycles. The Morgan fingerprint density at radius 1 is 1.24 bits per heavy atom. The van der Waals surface area contributed by atoms with Gasteiger partial charge in [-0.25, -0.2) is 0 Å². The minimum absolute atomic E-state index is 0.0243. The third kappa shape index (κ3) is 5.80. The van der Waals surface area contributed by atoms with Crippen molar-refractivity contribution in [3.8, 4) is 11.8 Å². The Morgan fingerprint density at radius 2 is 1.97 bits per heavy atom. The number of methoxy groups -OCH3 is 1. The summed E-state index contributed by atoms with van der Waals surface area (Å²) in [5.41, 5.74) is 3.34. The zero-order valence-corrected chi connectivity index (χ0v) is 21.6. The number of fused-ring (bicyclic) bond motifs is 1. The maximum atomic E-state index is 12.8. The number of benzene rings is 1. The molecule has 1 aliphatic carbocycles. The van der Waals surface area contributed by atoms with Gasteiger partial charge >= 0.3 is 0 Å². The summed E-state index contributed by atoms with van der Waals surface area (Å²) < 4.78 is 5.33. The van der Waals surface area contributed by atoms with Crippen molar-refractivity contribution in [3.63, 3.8) is 0 Å². The maximum Gasteiger partial charge on any atom is 0.239 e. The second-order valence-electron chi connectivity index (χ2n) is 10.6. The SMILES string of the molecule is COc1cccc(CN2CCN(CC(=O)Nc3sc4c(c3C#N)CCC(C(C)(C)C)C4)CC2)c1. The second-order valence-corrected chi connectivity index (χ2v) is 11.7. The first kappa shape index (κ1) is 24.7. The van der Waals surface area contributed by atoms with Crippen LogP contribution >= 0.6 is 11.3 Å². The van der Waals surface area contributed by atoms with E-state index in [1.54, 1.807) is 18.4 Å². The molecule has 1 unspecified atom stereocenters. The molecule has 1 fully saturated rings. The van der Waals surface area contributed by atoms with E-state index < -0.39 is 0 Å². The molecule has 1 aromatic carbocycles. The normalized spacial score (nSPS) is 19.3. The van der Waals surface area contributed by atoms with Gasteiger partial charge < -0.3 is 10.1 Å². The summed E-state index contributed by atoms with van der Waals surface area (Å²) in [6, 6.07) is 10.6. The Morgan fingerprint density at radius 3 is 2.65 bits per heavy atom. The molecule has 1 aliphatic heterocycles. The Bertz CT molecular complexity index is 1060. The molecule has 182 valence electrons. The molecular weight excluding hydrogens is 444 g/mol. The van der Waals surface area contributed by atoms with Gasteiger partial charge in [0.15, 0.2) is 0 Å². The lowest BCUT2D eigenvalue weighted by molar-refractivity contribution is -0.117. The van der Waals surface area contributed by atoms with Crippen LogP contribution in [0.2, 0.25) is 0 Å². The number of nitrogens with one attached hydrogen (secondary N) is 1. The Kier molecular flexibility index (Phi) is 7.61. The molecule has 0 spiro atoms. The summed E-state index contributed by atoms with van der Waals surface area (Å²) in [7, 11) is 1.69. The highest BCUT2D eigenvalue weighted by molar-refractivity contribution is 7.16. The molecule has 7 heteroatoms. The third-order valence-corrected chi connectivity index (χ3v) is 8.40. The van der Waals surface area contributed by atoms with Gasteiger partial charge in [0.2, 0.25) is 5.91 Å². The van der Waals surface area contributed by atoms with E-state index in [1.807, 2.05) is 12.1 Å². The molecule has 0 saturated carbocycles. The average Bonchev–Trinajstić information content (AvgIpc) is 3.15. The van der Waals surface area contributed by atoms with E-state index in [0.29, 0.717) is 18.0 Å². The Labute approximate surface area is 207 Å². The van der Waals surface area contributed by atoms with Crippen LogP contribution in [0.15, 0.2) is 24.3 Å². The zero-order chi connectivity index (χ0) is 24.3. The van der Waals surface area contributed by atoms with Crippen molar-refractivity contribution < 1.29 is 9.53 Å². The fourth-order valence-corrected chi connectivity index (χ4v) is 6.33. The highest BCUT2D eigenvalue weighted by Crippen LogP contribution is 2.44. The lowest BCUT2D eigenvalue weighted by atomic mass is 9.72. The second kappa shape index (κ2) is 10.5. The van der Waals surface area contributed by atoms with Gasteiger partial charge in [0.25, 0.3) is 0 Å². The predicted molar refractivity (Wildman–Crippen MR) is 137 cm³/mol. The van der Waals surface area contributed by atoms with Crippen LogP contribution in [0.3, 0.4) is 0 Å². The van der Waals surface area contributed by atoms with Crippen LogP contribution in [0.25, 0.3) is 0 Å². The van der Waals surface area contributed by atoms with E-state index in [1.165, 1.54) is 10.4 Å². The molecule has 34 heavy (non-hydrogen) atoms. The fraction of sp³-hybridized carbons (Fsp3) is 0.556. The van der Waals surface area contributed by atoms with E-state index in [4.69, 9.17) is 4.74 Å². The molecule has 0 radical (unpaired) electrons. The van der Waals surface area contributed by atoms with Crippen LogP contribution in [0, 0.1) is 22.7 Å². The Hall–Kier alpha value is -2.40. The zero-order valence-electron chi connectivity index (χ0n) is 20.8. The van der Waals surface area contributed by atoms with Gasteiger partial charge in [0, 0.05) is 37.6 Å². The quantitative estimate of drug-likeness (QED) is 0.658. The van der Waals surface area contributed by atoms with Crippen LogP contribution in [-0.2, 0) is 24.2 Å². The van der Waals surface area contributed by atoms with Crippen LogP contribution in [0.4, 0.5) is 5.00 Å². The van der Waals surface area contributed by atoms with Gasteiger partial charge in [0.05, 0.1) is 19.2 Å². The lowest BCUT2D eigenvalue weighted by Crippen LogP contribution is -2.48. The topological polar surface area (TPSA) is 68.6 Å². The van der Waals surface area contributed by atoms with Gasteiger partial charge in [-0.3, -0.25) is 14.6 Å². The first-order valence-corrected chi connectivity index (χ1v) is 13.0. The number of piperazine rings is 1. The van der Waals surface area contributed by atoms with Gasteiger partial charge in [-0.15, -0.1) is 11.3 Å². The van der Waals surface area contributed by atoms with Gasteiger partial charge in [-0.2, -0.15) is 5.26 Å². The van der Waals surface area contributed by atoms with Crippen molar-refractivity contribution in [1.82, 2.24) is 9.80 Å². The van der Waals surface area contributed by atoms with E-state index in [-0.39, 0.29) is 11.3 Å². The minimum Gasteiger partial charge on any atom is -0.497 e. The lowest BCUT2D eigenvalue weighted by Gasteiger charge is -2.34. The molecule has 0 bridgehead atoms. The number of nitriles is 1. The van der Waals surface area contributed by atoms with Gasteiger partial charge in [-0.1, -0.05) is 32.9 Å². The largest absolute Gasteiger partial charge is 0.497 e. The van der Waals surface area contributed by atoms with Crippen LogP contribution in [0.1, 0.15) is 48.8 Å². The van der Waals surface area contributed by atoms with E-state index in [2.05, 4.69) is 54.1 Å². The fourth-order valence-electron chi connectivity index (χ4n) is 5.04. The summed E-state index contributed by atoms with van der Waals surface area (Å²) in [4.78, 5) is 18.7. The number of hydrogen-bond donors (Lipinski definition) is 1. The number of rotatable bonds is 6. The number of thiophene rings is 1. The van der Waals surface area contributed by atoms with Crippen molar-refractivity contribution in [2.24, 2.45) is 11.3 Å². The molecule has 4 rings (SSSR count). The van der Waals surface area contributed by atoms with E-state index in [9.17, 15) is 10.1 Å².